The first-order chi connectivity index (χ1) is 11.2. The van der Waals surface area contributed by atoms with E-state index < -0.39 is 0 Å². The van der Waals surface area contributed by atoms with E-state index in [0.29, 0.717) is 5.56 Å². The number of anilines is 1. The molecule has 1 aromatic heterocycles. The second-order valence-electron chi connectivity index (χ2n) is 5.43. The average molecular weight is 306 g/mol. The number of nitrogens with zero attached hydrogens (tertiary/aromatic N) is 2. The molecule has 0 bridgehead atoms. The predicted molar refractivity (Wildman–Crippen MR) is 91.6 cm³/mol. The molecular formula is C19H18N2O2. The fourth-order valence-electron chi connectivity index (χ4n) is 2.54. The van der Waals surface area contributed by atoms with Gasteiger partial charge in [-0.3, -0.25) is 4.98 Å². The molecule has 3 aromatic rings. The zero-order chi connectivity index (χ0) is 16.2. The summed E-state index contributed by atoms with van der Waals surface area (Å²) >= 11 is 0. The summed E-state index contributed by atoms with van der Waals surface area (Å²) in [7, 11) is 3.43. The van der Waals surface area contributed by atoms with Gasteiger partial charge in [-0.1, -0.05) is 30.3 Å². The smallest absolute Gasteiger partial charge is 0.339 e. The second kappa shape index (κ2) is 6.48. The van der Waals surface area contributed by atoms with Crippen molar-refractivity contribution in [2.75, 3.05) is 19.1 Å². The fraction of sp³-hybridized carbons (Fsp3) is 0.158. The van der Waals surface area contributed by atoms with E-state index in [4.69, 9.17) is 4.74 Å². The summed E-state index contributed by atoms with van der Waals surface area (Å²) in [5.41, 5.74) is 3.68. The van der Waals surface area contributed by atoms with Gasteiger partial charge in [0, 0.05) is 30.9 Å². The number of methoxy groups -OCH3 is 1. The van der Waals surface area contributed by atoms with E-state index in [2.05, 4.69) is 41.2 Å². The minimum atomic E-state index is -0.368. The van der Waals surface area contributed by atoms with E-state index in [1.165, 1.54) is 18.4 Å². The lowest BCUT2D eigenvalue weighted by molar-refractivity contribution is 0.0600. The fourth-order valence-corrected chi connectivity index (χ4v) is 2.54. The van der Waals surface area contributed by atoms with Gasteiger partial charge in [-0.05, 0) is 29.8 Å². The molecule has 23 heavy (non-hydrogen) atoms. The van der Waals surface area contributed by atoms with E-state index in [0.717, 1.165) is 17.4 Å². The molecule has 3 rings (SSSR count). The zero-order valence-electron chi connectivity index (χ0n) is 13.2. The lowest BCUT2D eigenvalue weighted by Gasteiger charge is -2.19. The van der Waals surface area contributed by atoms with Crippen molar-refractivity contribution in [3.8, 4) is 0 Å². The molecule has 4 heteroatoms. The number of carbonyl (C=O) groups excluding carboxylic acids is 1. The van der Waals surface area contributed by atoms with Crippen molar-refractivity contribution >= 4 is 22.6 Å². The molecule has 4 nitrogen and oxygen atoms in total. The van der Waals surface area contributed by atoms with Crippen LogP contribution < -0.4 is 4.90 Å². The quantitative estimate of drug-likeness (QED) is 0.690. The van der Waals surface area contributed by atoms with Crippen LogP contribution in [0.4, 0.5) is 5.69 Å². The van der Waals surface area contributed by atoms with Crippen molar-refractivity contribution in [2.45, 2.75) is 6.54 Å². The summed E-state index contributed by atoms with van der Waals surface area (Å²) in [5.74, 6) is -0.368. The first kappa shape index (κ1) is 15.0. The predicted octanol–water partition coefficient (Wildman–Crippen LogP) is 3.66. The second-order valence-corrected chi connectivity index (χ2v) is 5.43. The highest BCUT2D eigenvalue weighted by molar-refractivity contribution is 5.93. The standard InChI is InChI=1S/C19H18N2O2/c1-21(17-6-4-3-5-7-17)13-14-8-9-15-11-16(19(22)23-2)12-20-18(15)10-14/h3-12H,13H2,1-2H3. The number of benzene rings is 2. The molecule has 116 valence electrons. The number of pyridine rings is 1. The minimum absolute atomic E-state index is 0.368. The lowest BCUT2D eigenvalue weighted by Crippen LogP contribution is -2.16. The topological polar surface area (TPSA) is 42.4 Å². The Morgan fingerprint density at radius 2 is 1.91 bits per heavy atom. The maximum Gasteiger partial charge on any atom is 0.339 e. The molecule has 0 unspecified atom stereocenters. The number of para-hydroxylation sites is 1. The number of esters is 1. The van der Waals surface area contributed by atoms with Crippen LogP contribution in [-0.2, 0) is 11.3 Å². The summed E-state index contributed by atoms with van der Waals surface area (Å²) in [6.45, 7) is 0.792. The van der Waals surface area contributed by atoms with Gasteiger partial charge in [-0.2, -0.15) is 0 Å². The molecule has 0 N–H and O–H groups in total. The third-order valence-corrected chi connectivity index (χ3v) is 3.79. The molecule has 0 aliphatic carbocycles. The van der Waals surface area contributed by atoms with Crippen molar-refractivity contribution in [1.82, 2.24) is 4.98 Å². The largest absolute Gasteiger partial charge is 0.465 e. The summed E-state index contributed by atoms with van der Waals surface area (Å²) in [6, 6.07) is 18.1. The summed E-state index contributed by atoms with van der Waals surface area (Å²) in [5, 5.41) is 0.930. The number of aromatic nitrogens is 1. The molecule has 0 radical (unpaired) electrons. The van der Waals surface area contributed by atoms with Gasteiger partial charge in [0.15, 0.2) is 0 Å². The highest BCUT2D eigenvalue weighted by Crippen LogP contribution is 2.19. The molecule has 0 saturated heterocycles. The van der Waals surface area contributed by atoms with Crippen LogP contribution in [0, 0.1) is 0 Å². The number of fused-ring (bicyclic) bond motifs is 1. The van der Waals surface area contributed by atoms with Crippen LogP contribution in [0.2, 0.25) is 0 Å². The Kier molecular flexibility index (Phi) is 4.24. The van der Waals surface area contributed by atoms with Gasteiger partial charge in [-0.25, -0.2) is 4.79 Å². The van der Waals surface area contributed by atoms with Crippen molar-refractivity contribution in [3.05, 3.63) is 71.9 Å². The first-order valence-corrected chi connectivity index (χ1v) is 7.40. The summed E-state index contributed by atoms with van der Waals surface area (Å²) < 4.78 is 4.72. The van der Waals surface area contributed by atoms with E-state index in [1.54, 1.807) is 12.3 Å². The number of ether oxygens (including phenoxy) is 1. The molecule has 0 aliphatic heterocycles. The molecule has 1 heterocycles. The highest BCUT2D eigenvalue weighted by Gasteiger charge is 2.08. The van der Waals surface area contributed by atoms with Gasteiger partial charge >= 0.3 is 5.97 Å². The normalized spacial score (nSPS) is 10.5. The molecular weight excluding hydrogens is 288 g/mol. The molecule has 0 spiro atoms. The van der Waals surface area contributed by atoms with Gasteiger partial charge in [0.2, 0.25) is 0 Å². The van der Waals surface area contributed by atoms with E-state index >= 15 is 0 Å². The van der Waals surface area contributed by atoms with Crippen molar-refractivity contribution in [1.29, 1.82) is 0 Å². The minimum Gasteiger partial charge on any atom is -0.465 e. The maximum atomic E-state index is 11.6. The van der Waals surface area contributed by atoms with Crippen molar-refractivity contribution in [3.63, 3.8) is 0 Å². The first-order valence-electron chi connectivity index (χ1n) is 7.40. The van der Waals surface area contributed by atoms with Gasteiger partial charge < -0.3 is 9.64 Å². The van der Waals surface area contributed by atoms with Gasteiger partial charge in [0.25, 0.3) is 0 Å². The van der Waals surface area contributed by atoms with Crippen LogP contribution in [0.15, 0.2) is 60.8 Å². The Labute approximate surface area is 135 Å². The monoisotopic (exact) mass is 306 g/mol. The lowest BCUT2D eigenvalue weighted by atomic mass is 10.1. The van der Waals surface area contributed by atoms with Crippen molar-refractivity contribution < 1.29 is 9.53 Å². The number of carbonyl (C=O) groups is 1. The van der Waals surface area contributed by atoms with E-state index in [1.807, 2.05) is 24.3 Å². The Morgan fingerprint density at radius 1 is 1.13 bits per heavy atom. The van der Waals surface area contributed by atoms with Gasteiger partial charge in [0.1, 0.15) is 0 Å². The van der Waals surface area contributed by atoms with Crippen molar-refractivity contribution in [2.24, 2.45) is 0 Å². The Bertz CT molecular complexity index is 831. The van der Waals surface area contributed by atoms with Crippen LogP contribution in [-0.4, -0.2) is 25.1 Å². The molecule has 0 atom stereocenters. The van der Waals surface area contributed by atoms with Gasteiger partial charge in [0.05, 0.1) is 18.2 Å². The maximum absolute atomic E-state index is 11.6. The average Bonchev–Trinajstić information content (AvgIpc) is 2.61. The van der Waals surface area contributed by atoms with Crippen LogP contribution in [0.5, 0.6) is 0 Å². The van der Waals surface area contributed by atoms with Crippen LogP contribution in [0.3, 0.4) is 0 Å². The number of hydrogen-bond acceptors (Lipinski definition) is 4. The summed E-state index contributed by atoms with van der Waals surface area (Å²) in [6.07, 6.45) is 1.55. The third kappa shape index (κ3) is 3.31. The Hall–Kier alpha value is -2.88. The molecule has 0 saturated carbocycles. The highest BCUT2D eigenvalue weighted by atomic mass is 16.5. The molecule has 0 amide bonds. The van der Waals surface area contributed by atoms with E-state index in [-0.39, 0.29) is 5.97 Å². The zero-order valence-corrected chi connectivity index (χ0v) is 13.2. The van der Waals surface area contributed by atoms with Crippen LogP contribution >= 0.6 is 0 Å². The SMILES string of the molecule is COC(=O)c1cnc2cc(CN(C)c3ccccc3)ccc2c1. The third-order valence-electron chi connectivity index (χ3n) is 3.79. The van der Waals surface area contributed by atoms with Crippen LogP contribution in [0.25, 0.3) is 10.9 Å². The molecule has 0 fully saturated rings. The summed E-state index contributed by atoms with van der Waals surface area (Å²) in [4.78, 5) is 18.1. The number of rotatable bonds is 4. The Balaban J connectivity index is 1.84. The van der Waals surface area contributed by atoms with Crippen LogP contribution in [0.1, 0.15) is 15.9 Å². The number of hydrogen-bond donors (Lipinski definition) is 0. The molecule has 2 aromatic carbocycles. The van der Waals surface area contributed by atoms with Gasteiger partial charge in [-0.15, -0.1) is 0 Å². The molecule has 0 aliphatic rings. The Morgan fingerprint density at radius 3 is 2.65 bits per heavy atom. The van der Waals surface area contributed by atoms with E-state index in [9.17, 15) is 4.79 Å².